The highest BCUT2D eigenvalue weighted by Gasteiger charge is 2.17. The molecule has 7 nitrogen and oxygen atoms in total. The predicted molar refractivity (Wildman–Crippen MR) is 110 cm³/mol. The van der Waals surface area contributed by atoms with Crippen molar-refractivity contribution in [1.29, 1.82) is 0 Å². The van der Waals surface area contributed by atoms with Crippen molar-refractivity contribution in [2.24, 2.45) is 0 Å². The zero-order valence-electron chi connectivity index (χ0n) is 16.0. The molecule has 0 aliphatic rings. The molecule has 0 saturated carbocycles. The van der Waals surface area contributed by atoms with E-state index < -0.39 is 0 Å². The standard InChI is InChI=1S/C19H22N4O3S2/c1-12-10-14(13(2)23(12)8-4-7-17(25)26-3)15(24)11-28-19-20-18(21-22-19)16-6-5-9-27-16/h5-6,9-10H,4,7-8,11H2,1-3H3,(H,20,21,22). The van der Waals surface area contributed by atoms with E-state index in [0.29, 0.717) is 35.9 Å². The highest BCUT2D eigenvalue weighted by molar-refractivity contribution is 7.99. The fourth-order valence-corrected chi connectivity index (χ4v) is 4.30. The number of aromatic nitrogens is 4. The van der Waals surface area contributed by atoms with E-state index in [1.807, 2.05) is 37.4 Å². The molecular weight excluding hydrogens is 396 g/mol. The summed E-state index contributed by atoms with van der Waals surface area (Å²) in [5.41, 5.74) is 2.63. The Hall–Kier alpha value is -2.39. The molecule has 9 heteroatoms. The number of carbonyl (C=O) groups excluding carboxylic acids is 2. The molecule has 0 saturated heterocycles. The smallest absolute Gasteiger partial charge is 0.305 e. The van der Waals surface area contributed by atoms with E-state index in [2.05, 4.69) is 24.5 Å². The van der Waals surface area contributed by atoms with Crippen LogP contribution in [0, 0.1) is 13.8 Å². The van der Waals surface area contributed by atoms with Crippen LogP contribution in [0.25, 0.3) is 10.7 Å². The molecule has 0 fully saturated rings. The third-order valence-corrected chi connectivity index (χ3v) is 6.14. The van der Waals surface area contributed by atoms with Gasteiger partial charge in [-0.25, -0.2) is 4.98 Å². The van der Waals surface area contributed by atoms with Gasteiger partial charge in [0, 0.05) is 29.9 Å². The van der Waals surface area contributed by atoms with E-state index in [9.17, 15) is 9.59 Å². The minimum atomic E-state index is -0.219. The maximum absolute atomic E-state index is 12.7. The van der Waals surface area contributed by atoms with Crippen molar-refractivity contribution in [1.82, 2.24) is 19.7 Å². The predicted octanol–water partition coefficient (Wildman–Crippen LogP) is 3.88. The summed E-state index contributed by atoms with van der Waals surface area (Å²) in [4.78, 5) is 29.4. The lowest BCUT2D eigenvalue weighted by Crippen LogP contribution is -2.08. The lowest BCUT2D eigenvalue weighted by atomic mass is 10.2. The molecule has 28 heavy (non-hydrogen) atoms. The van der Waals surface area contributed by atoms with Crippen LogP contribution in [0.3, 0.4) is 0 Å². The molecule has 3 heterocycles. The summed E-state index contributed by atoms with van der Waals surface area (Å²) in [6, 6.07) is 5.84. The van der Waals surface area contributed by atoms with Crippen molar-refractivity contribution in [3.8, 4) is 10.7 Å². The minimum Gasteiger partial charge on any atom is -0.469 e. The molecule has 0 amide bonds. The summed E-state index contributed by atoms with van der Waals surface area (Å²) in [6.45, 7) is 4.58. The van der Waals surface area contributed by atoms with Crippen molar-refractivity contribution in [2.75, 3.05) is 12.9 Å². The average molecular weight is 419 g/mol. The number of thioether (sulfide) groups is 1. The third-order valence-electron chi connectivity index (χ3n) is 4.42. The number of methoxy groups -OCH3 is 1. The molecule has 0 radical (unpaired) electrons. The van der Waals surface area contributed by atoms with Crippen molar-refractivity contribution in [3.05, 3.63) is 40.5 Å². The molecule has 148 valence electrons. The molecule has 0 aromatic carbocycles. The maximum Gasteiger partial charge on any atom is 0.305 e. The number of ketones is 1. The number of nitrogens with one attached hydrogen (secondary N) is 1. The van der Waals surface area contributed by atoms with E-state index in [0.717, 1.165) is 16.3 Å². The van der Waals surface area contributed by atoms with Gasteiger partial charge < -0.3 is 9.30 Å². The summed E-state index contributed by atoms with van der Waals surface area (Å²) in [5, 5.41) is 9.63. The number of aryl methyl sites for hydroxylation is 1. The monoisotopic (exact) mass is 418 g/mol. The molecule has 0 aliphatic heterocycles. The van der Waals surface area contributed by atoms with Gasteiger partial charge in [0.25, 0.3) is 0 Å². The highest BCUT2D eigenvalue weighted by atomic mass is 32.2. The van der Waals surface area contributed by atoms with E-state index >= 15 is 0 Å². The van der Waals surface area contributed by atoms with E-state index in [4.69, 9.17) is 0 Å². The van der Waals surface area contributed by atoms with Gasteiger partial charge in [0.1, 0.15) is 0 Å². The Labute approximate surface area is 171 Å². The van der Waals surface area contributed by atoms with Gasteiger partial charge in [-0.1, -0.05) is 17.8 Å². The van der Waals surface area contributed by atoms with Crippen LogP contribution in [0.1, 0.15) is 34.6 Å². The number of hydrogen-bond acceptors (Lipinski definition) is 7. The zero-order valence-corrected chi connectivity index (χ0v) is 17.7. The Kier molecular flexibility index (Phi) is 6.69. The van der Waals surface area contributed by atoms with Gasteiger partial charge in [0.05, 0.1) is 17.7 Å². The molecule has 0 aliphatic carbocycles. The number of rotatable bonds is 9. The number of nitrogens with zero attached hydrogens (tertiary/aromatic N) is 3. The minimum absolute atomic E-state index is 0.0415. The first kappa shape index (κ1) is 20.3. The molecule has 0 bridgehead atoms. The molecule has 1 N–H and O–H groups in total. The first-order chi connectivity index (χ1) is 13.5. The zero-order chi connectivity index (χ0) is 20.1. The average Bonchev–Trinajstić information content (AvgIpc) is 3.42. The van der Waals surface area contributed by atoms with Crippen molar-refractivity contribution >= 4 is 34.9 Å². The van der Waals surface area contributed by atoms with Crippen molar-refractivity contribution < 1.29 is 14.3 Å². The summed E-state index contributed by atoms with van der Waals surface area (Å²) in [6.07, 6.45) is 1.04. The Bertz CT molecular complexity index is 960. The van der Waals surface area contributed by atoms with Crippen LogP contribution in [-0.2, 0) is 16.1 Å². The number of aromatic amines is 1. The number of hydrogen-bond donors (Lipinski definition) is 1. The quantitative estimate of drug-likeness (QED) is 0.322. The Morgan fingerprint density at radius 2 is 2.18 bits per heavy atom. The maximum atomic E-state index is 12.7. The van der Waals surface area contributed by atoms with Gasteiger partial charge in [0.15, 0.2) is 11.6 Å². The SMILES string of the molecule is COC(=O)CCCn1c(C)cc(C(=O)CSc2n[nH]c(-c3cccs3)n2)c1C. The van der Waals surface area contributed by atoms with Crippen LogP contribution < -0.4 is 0 Å². The summed E-state index contributed by atoms with van der Waals surface area (Å²) < 4.78 is 6.74. The number of ether oxygens (including phenoxy) is 1. The van der Waals surface area contributed by atoms with Crippen LogP contribution in [0.4, 0.5) is 0 Å². The Morgan fingerprint density at radius 3 is 2.89 bits per heavy atom. The largest absolute Gasteiger partial charge is 0.469 e. The van der Waals surface area contributed by atoms with Crippen molar-refractivity contribution in [2.45, 2.75) is 38.4 Å². The number of H-pyrrole nitrogens is 1. The second-order valence-electron chi connectivity index (χ2n) is 6.27. The highest BCUT2D eigenvalue weighted by Crippen LogP contribution is 2.24. The molecule has 3 rings (SSSR count). The van der Waals surface area contributed by atoms with Crippen LogP contribution in [-0.4, -0.2) is 44.4 Å². The van der Waals surface area contributed by atoms with Crippen LogP contribution in [0.2, 0.25) is 0 Å². The van der Waals surface area contributed by atoms with Gasteiger partial charge in [-0.2, -0.15) is 0 Å². The molecule has 0 unspecified atom stereocenters. The number of carbonyl (C=O) groups is 2. The van der Waals surface area contributed by atoms with Gasteiger partial charge in [-0.05, 0) is 37.8 Å². The Balaban J connectivity index is 1.60. The number of esters is 1. The third kappa shape index (κ3) is 4.71. The van der Waals surface area contributed by atoms with Crippen LogP contribution >= 0.6 is 23.1 Å². The summed E-state index contributed by atoms with van der Waals surface area (Å²) in [7, 11) is 1.39. The van der Waals surface area contributed by atoms with Crippen LogP contribution in [0.5, 0.6) is 0 Å². The number of thiophene rings is 1. The molecular formula is C19H22N4O3S2. The second kappa shape index (κ2) is 9.20. The summed E-state index contributed by atoms with van der Waals surface area (Å²) in [5.74, 6) is 0.811. The topological polar surface area (TPSA) is 89.9 Å². The molecule has 0 spiro atoms. The van der Waals surface area contributed by atoms with Gasteiger partial charge in [-0.3, -0.25) is 14.7 Å². The van der Waals surface area contributed by atoms with E-state index in [1.54, 1.807) is 11.3 Å². The normalized spacial score (nSPS) is 11.0. The Morgan fingerprint density at radius 1 is 1.36 bits per heavy atom. The van der Waals surface area contributed by atoms with Gasteiger partial charge in [0.2, 0.25) is 5.16 Å². The van der Waals surface area contributed by atoms with E-state index in [-0.39, 0.29) is 17.5 Å². The van der Waals surface area contributed by atoms with Gasteiger partial charge in [-0.15, -0.1) is 16.4 Å². The fraction of sp³-hybridized carbons (Fsp3) is 0.368. The first-order valence-corrected chi connectivity index (χ1v) is 10.7. The molecule has 3 aromatic rings. The van der Waals surface area contributed by atoms with Crippen LogP contribution in [0.15, 0.2) is 28.7 Å². The number of Topliss-reactive ketones (excluding diaryl/α,β-unsaturated/α-hetero) is 1. The lowest BCUT2D eigenvalue weighted by molar-refractivity contribution is -0.140. The second-order valence-corrected chi connectivity index (χ2v) is 8.16. The lowest BCUT2D eigenvalue weighted by Gasteiger charge is -2.09. The molecule has 3 aromatic heterocycles. The van der Waals surface area contributed by atoms with Gasteiger partial charge >= 0.3 is 5.97 Å². The molecule has 0 atom stereocenters. The first-order valence-electron chi connectivity index (χ1n) is 8.85. The summed E-state index contributed by atoms with van der Waals surface area (Å²) >= 11 is 2.91. The fourth-order valence-electron chi connectivity index (χ4n) is 2.95. The van der Waals surface area contributed by atoms with Crippen molar-refractivity contribution in [3.63, 3.8) is 0 Å². The van der Waals surface area contributed by atoms with E-state index in [1.165, 1.54) is 18.9 Å².